The van der Waals surface area contributed by atoms with Crippen LogP contribution in [0.25, 0.3) is 5.69 Å². The van der Waals surface area contributed by atoms with Crippen molar-refractivity contribution in [3.8, 4) is 5.69 Å². The molecule has 0 bridgehead atoms. The second-order valence-electron chi connectivity index (χ2n) is 3.09. The predicted molar refractivity (Wildman–Crippen MR) is 54.3 cm³/mol. The van der Waals surface area contributed by atoms with Crippen molar-refractivity contribution in [3.63, 3.8) is 0 Å². The van der Waals surface area contributed by atoms with Crippen LogP contribution in [0.2, 0.25) is 0 Å². The lowest BCUT2D eigenvalue weighted by molar-refractivity contribution is 0.713. The summed E-state index contributed by atoms with van der Waals surface area (Å²) in [5.41, 5.74) is 6.26. The van der Waals surface area contributed by atoms with Gasteiger partial charge in [-0.1, -0.05) is 0 Å². The first-order valence-electron chi connectivity index (χ1n) is 4.79. The summed E-state index contributed by atoms with van der Waals surface area (Å²) < 4.78 is 0. The molecular formula is C9H12N6. The Hall–Kier alpha value is -1.82. The van der Waals surface area contributed by atoms with Crippen LogP contribution < -0.4 is 5.73 Å². The zero-order valence-corrected chi connectivity index (χ0v) is 8.24. The summed E-state index contributed by atoms with van der Waals surface area (Å²) in [6, 6.07) is 3.66. The third-order valence-corrected chi connectivity index (χ3v) is 1.95. The normalized spacial score (nSPS) is 10.5. The maximum Gasteiger partial charge on any atom is 0.175 e. The third kappa shape index (κ3) is 2.35. The molecule has 15 heavy (non-hydrogen) atoms. The zero-order valence-electron chi connectivity index (χ0n) is 8.24. The largest absolute Gasteiger partial charge is 0.330 e. The maximum absolute atomic E-state index is 5.40. The molecule has 6 nitrogen and oxygen atoms in total. The number of tetrazole rings is 1. The Morgan fingerprint density at radius 2 is 2.07 bits per heavy atom. The van der Waals surface area contributed by atoms with Gasteiger partial charge < -0.3 is 5.73 Å². The zero-order chi connectivity index (χ0) is 10.5. The highest BCUT2D eigenvalue weighted by Crippen LogP contribution is 2.01. The summed E-state index contributed by atoms with van der Waals surface area (Å²) in [4.78, 5) is 5.42. The first-order chi connectivity index (χ1) is 7.40. The Morgan fingerprint density at radius 3 is 2.80 bits per heavy atom. The molecule has 0 aliphatic carbocycles. The summed E-state index contributed by atoms with van der Waals surface area (Å²) in [6.45, 7) is 0.643. The van der Waals surface area contributed by atoms with E-state index in [-0.39, 0.29) is 0 Å². The van der Waals surface area contributed by atoms with E-state index < -0.39 is 0 Å². The van der Waals surface area contributed by atoms with Crippen molar-refractivity contribution in [1.29, 1.82) is 0 Å². The number of nitrogens with zero attached hydrogens (tertiary/aromatic N) is 5. The highest BCUT2D eigenvalue weighted by atomic mass is 15.6. The van der Waals surface area contributed by atoms with Gasteiger partial charge in [-0.3, -0.25) is 4.98 Å². The smallest absolute Gasteiger partial charge is 0.175 e. The van der Waals surface area contributed by atoms with Crippen LogP contribution in [0.5, 0.6) is 0 Å². The molecule has 0 amide bonds. The van der Waals surface area contributed by atoms with Gasteiger partial charge in [0.2, 0.25) is 0 Å². The molecule has 2 aromatic rings. The first-order valence-corrected chi connectivity index (χ1v) is 4.79. The van der Waals surface area contributed by atoms with Gasteiger partial charge in [-0.2, -0.15) is 0 Å². The van der Waals surface area contributed by atoms with Crippen LogP contribution in [0.15, 0.2) is 24.5 Å². The second-order valence-corrected chi connectivity index (χ2v) is 3.09. The van der Waals surface area contributed by atoms with Crippen LogP contribution in [0.4, 0.5) is 0 Å². The van der Waals surface area contributed by atoms with Crippen molar-refractivity contribution in [2.24, 2.45) is 5.73 Å². The van der Waals surface area contributed by atoms with Crippen LogP contribution in [-0.4, -0.2) is 31.7 Å². The van der Waals surface area contributed by atoms with E-state index in [0.29, 0.717) is 6.54 Å². The molecule has 0 aliphatic heterocycles. The quantitative estimate of drug-likeness (QED) is 0.754. The van der Waals surface area contributed by atoms with Crippen molar-refractivity contribution in [3.05, 3.63) is 30.4 Å². The average Bonchev–Trinajstić information content (AvgIpc) is 2.76. The molecule has 0 atom stereocenters. The number of nitrogens with two attached hydrogens (primary N) is 1. The lowest BCUT2D eigenvalue weighted by Crippen LogP contribution is -2.02. The van der Waals surface area contributed by atoms with Crippen molar-refractivity contribution < 1.29 is 0 Å². The Morgan fingerprint density at radius 1 is 1.27 bits per heavy atom. The van der Waals surface area contributed by atoms with Crippen molar-refractivity contribution in [2.75, 3.05) is 6.54 Å². The van der Waals surface area contributed by atoms with E-state index in [0.717, 1.165) is 24.4 Å². The number of aromatic nitrogens is 5. The average molecular weight is 204 g/mol. The molecule has 2 N–H and O–H groups in total. The van der Waals surface area contributed by atoms with Gasteiger partial charge in [0.15, 0.2) is 5.82 Å². The maximum atomic E-state index is 5.40. The van der Waals surface area contributed by atoms with E-state index in [9.17, 15) is 0 Å². The molecule has 0 spiro atoms. The topological polar surface area (TPSA) is 82.5 Å². The predicted octanol–water partition coefficient (Wildman–Crippen LogP) is -0.0514. The van der Waals surface area contributed by atoms with Gasteiger partial charge in [0.25, 0.3) is 0 Å². The highest BCUT2D eigenvalue weighted by molar-refractivity contribution is 5.24. The van der Waals surface area contributed by atoms with Crippen molar-refractivity contribution in [1.82, 2.24) is 25.2 Å². The Labute approximate surface area is 87.1 Å². The first kappa shape index (κ1) is 9.72. The molecule has 0 radical (unpaired) electrons. The lowest BCUT2D eigenvalue weighted by atomic mass is 10.3. The monoisotopic (exact) mass is 204 g/mol. The number of aryl methyl sites for hydroxylation is 1. The fourth-order valence-electron chi connectivity index (χ4n) is 1.19. The second kappa shape index (κ2) is 4.61. The van der Waals surface area contributed by atoms with Crippen LogP contribution in [0.3, 0.4) is 0 Å². The van der Waals surface area contributed by atoms with Crippen LogP contribution >= 0.6 is 0 Å². The highest BCUT2D eigenvalue weighted by Gasteiger charge is 2.03. The number of pyridine rings is 1. The molecule has 0 aromatic carbocycles. The third-order valence-electron chi connectivity index (χ3n) is 1.95. The van der Waals surface area contributed by atoms with Crippen LogP contribution in [-0.2, 0) is 6.42 Å². The fraction of sp³-hybridized carbons (Fsp3) is 0.333. The van der Waals surface area contributed by atoms with E-state index in [4.69, 9.17) is 5.73 Å². The molecule has 0 aliphatic rings. The summed E-state index contributed by atoms with van der Waals surface area (Å²) in [5, 5.41) is 12.1. The summed E-state index contributed by atoms with van der Waals surface area (Å²) in [6.07, 6.45) is 5.03. The standard InChI is InChI=1S/C9H12N6/c10-5-1-2-9-12-14-15(13-9)8-3-6-11-7-4-8/h3-4,6-7H,1-2,5,10H2. The molecule has 0 fully saturated rings. The molecule has 0 unspecified atom stereocenters. The van der Waals surface area contributed by atoms with E-state index in [2.05, 4.69) is 20.4 Å². The SMILES string of the molecule is NCCCc1nnn(-c2ccncc2)n1. The molecule has 2 aromatic heterocycles. The van der Waals surface area contributed by atoms with E-state index in [1.54, 1.807) is 12.4 Å². The number of hydrogen-bond donors (Lipinski definition) is 1. The molecular weight excluding hydrogens is 192 g/mol. The molecule has 6 heteroatoms. The lowest BCUT2D eigenvalue weighted by Gasteiger charge is -1.95. The van der Waals surface area contributed by atoms with Gasteiger partial charge in [-0.05, 0) is 30.3 Å². The number of hydrogen-bond acceptors (Lipinski definition) is 5. The van der Waals surface area contributed by atoms with E-state index in [1.807, 2.05) is 12.1 Å². The fourth-order valence-corrected chi connectivity index (χ4v) is 1.19. The van der Waals surface area contributed by atoms with E-state index in [1.165, 1.54) is 4.80 Å². The Bertz CT molecular complexity index is 410. The molecule has 78 valence electrons. The van der Waals surface area contributed by atoms with Crippen molar-refractivity contribution >= 4 is 0 Å². The van der Waals surface area contributed by atoms with Gasteiger partial charge in [0, 0.05) is 18.8 Å². The summed E-state index contributed by atoms with van der Waals surface area (Å²) in [7, 11) is 0. The summed E-state index contributed by atoms with van der Waals surface area (Å²) >= 11 is 0. The Kier molecular flexibility index (Phi) is 2.99. The minimum atomic E-state index is 0.643. The van der Waals surface area contributed by atoms with Crippen LogP contribution in [0, 0.1) is 0 Å². The van der Waals surface area contributed by atoms with Gasteiger partial charge >= 0.3 is 0 Å². The van der Waals surface area contributed by atoms with Gasteiger partial charge in [-0.25, -0.2) is 0 Å². The summed E-state index contributed by atoms with van der Waals surface area (Å²) in [5.74, 6) is 0.720. The van der Waals surface area contributed by atoms with Crippen molar-refractivity contribution in [2.45, 2.75) is 12.8 Å². The van der Waals surface area contributed by atoms with Gasteiger partial charge in [0.1, 0.15) is 0 Å². The molecule has 0 saturated heterocycles. The molecule has 0 saturated carbocycles. The van der Waals surface area contributed by atoms with Crippen LogP contribution in [0.1, 0.15) is 12.2 Å². The van der Waals surface area contributed by atoms with E-state index >= 15 is 0 Å². The minimum absolute atomic E-state index is 0.643. The molecule has 2 heterocycles. The number of rotatable bonds is 4. The molecule has 2 rings (SSSR count). The van der Waals surface area contributed by atoms with Gasteiger partial charge in [0.05, 0.1) is 5.69 Å². The Balaban J connectivity index is 2.14. The minimum Gasteiger partial charge on any atom is -0.330 e. The van der Waals surface area contributed by atoms with Gasteiger partial charge in [-0.15, -0.1) is 15.0 Å².